The standard InChI is InChI=1S/C19H17N5O2S/c1-13(25)14-6-8-16(9-7-14)24-19(20-21-22-24)27-12-18(26)23-11-10-15-4-2-3-5-17(15)23/h2-9H,10-12H2,1H3. The third-order valence-electron chi connectivity index (χ3n) is 4.47. The van der Waals surface area contributed by atoms with Gasteiger partial charge < -0.3 is 4.90 Å². The van der Waals surface area contributed by atoms with Gasteiger partial charge in [-0.3, -0.25) is 9.59 Å². The van der Waals surface area contributed by atoms with Crippen LogP contribution in [-0.4, -0.2) is 44.2 Å². The van der Waals surface area contributed by atoms with Gasteiger partial charge in [0.2, 0.25) is 11.1 Å². The Morgan fingerprint density at radius 1 is 1.11 bits per heavy atom. The fraction of sp³-hybridized carbons (Fsp3) is 0.211. The molecule has 1 aromatic heterocycles. The van der Waals surface area contributed by atoms with Crippen molar-refractivity contribution in [1.29, 1.82) is 0 Å². The molecule has 2 heterocycles. The minimum Gasteiger partial charge on any atom is -0.311 e. The number of thioether (sulfide) groups is 1. The highest BCUT2D eigenvalue weighted by Gasteiger charge is 2.24. The number of rotatable bonds is 5. The Labute approximate surface area is 160 Å². The quantitative estimate of drug-likeness (QED) is 0.501. The lowest BCUT2D eigenvalue weighted by atomic mass is 10.1. The van der Waals surface area contributed by atoms with E-state index in [2.05, 4.69) is 21.6 Å². The van der Waals surface area contributed by atoms with Crippen LogP contribution in [0.25, 0.3) is 5.69 Å². The smallest absolute Gasteiger partial charge is 0.237 e. The van der Waals surface area contributed by atoms with Gasteiger partial charge in [0.05, 0.1) is 11.4 Å². The van der Waals surface area contributed by atoms with Gasteiger partial charge in [-0.1, -0.05) is 30.0 Å². The Bertz CT molecular complexity index is 999. The van der Waals surface area contributed by atoms with Crippen LogP contribution in [0, 0.1) is 0 Å². The first-order valence-corrected chi connectivity index (χ1v) is 9.53. The number of benzene rings is 2. The highest BCUT2D eigenvalue weighted by Crippen LogP contribution is 2.28. The van der Waals surface area contributed by atoms with E-state index in [0.29, 0.717) is 17.3 Å². The number of para-hydroxylation sites is 1. The number of nitrogens with zero attached hydrogens (tertiary/aromatic N) is 5. The van der Waals surface area contributed by atoms with Crippen LogP contribution in [0.15, 0.2) is 53.7 Å². The molecule has 0 saturated carbocycles. The van der Waals surface area contributed by atoms with E-state index in [1.54, 1.807) is 28.9 Å². The molecule has 136 valence electrons. The Kier molecular flexibility index (Phi) is 4.72. The molecule has 0 saturated heterocycles. The summed E-state index contributed by atoms with van der Waals surface area (Å²) in [6, 6.07) is 15.0. The number of hydrogen-bond donors (Lipinski definition) is 0. The molecule has 0 atom stereocenters. The SMILES string of the molecule is CC(=O)c1ccc(-n2nnnc2SCC(=O)N2CCc3ccccc32)cc1. The summed E-state index contributed by atoms with van der Waals surface area (Å²) < 4.78 is 1.57. The first kappa shape index (κ1) is 17.4. The summed E-state index contributed by atoms with van der Waals surface area (Å²) in [5, 5.41) is 12.3. The van der Waals surface area contributed by atoms with Gasteiger partial charge in [0.15, 0.2) is 5.78 Å². The minimum atomic E-state index is 0.00403. The molecule has 0 fully saturated rings. The zero-order chi connectivity index (χ0) is 18.8. The number of carbonyl (C=O) groups excluding carboxylic acids is 2. The number of ketones is 1. The van der Waals surface area contributed by atoms with Crippen molar-refractivity contribution in [3.05, 3.63) is 59.7 Å². The first-order valence-electron chi connectivity index (χ1n) is 8.54. The lowest BCUT2D eigenvalue weighted by Gasteiger charge is -2.16. The van der Waals surface area contributed by atoms with Gasteiger partial charge in [0.1, 0.15) is 0 Å². The Morgan fingerprint density at radius 2 is 1.89 bits per heavy atom. The fourth-order valence-corrected chi connectivity index (χ4v) is 3.84. The first-order chi connectivity index (χ1) is 13.1. The van der Waals surface area contributed by atoms with Crippen molar-refractivity contribution < 1.29 is 9.59 Å². The van der Waals surface area contributed by atoms with Gasteiger partial charge in [-0.2, -0.15) is 4.68 Å². The summed E-state index contributed by atoms with van der Waals surface area (Å²) in [5.74, 6) is 0.288. The monoisotopic (exact) mass is 379 g/mol. The molecule has 0 radical (unpaired) electrons. The van der Waals surface area contributed by atoms with Crippen molar-refractivity contribution in [2.45, 2.75) is 18.5 Å². The Hall–Kier alpha value is -3.00. The minimum absolute atomic E-state index is 0.00403. The van der Waals surface area contributed by atoms with E-state index < -0.39 is 0 Å². The van der Waals surface area contributed by atoms with Crippen molar-refractivity contribution in [3.8, 4) is 5.69 Å². The Morgan fingerprint density at radius 3 is 2.67 bits per heavy atom. The van der Waals surface area contributed by atoms with Crippen LogP contribution in [0.5, 0.6) is 0 Å². The number of carbonyl (C=O) groups is 2. The van der Waals surface area contributed by atoms with Crippen LogP contribution in [0.2, 0.25) is 0 Å². The number of Topliss-reactive ketones (excluding diaryl/α,β-unsaturated/α-hetero) is 1. The number of tetrazole rings is 1. The molecule has 0 spiro atoms. The molecule has 1 aliphatic heterocycles. The number of fused-ring (bicyclic) bond motifs is 1. The molecular formula is C19H17N5O2S. The maximum absolute atomic E-state index is 12.7. The lowest BCUT2D eigenvalue weighted by Crippen LogP contribution is -2.30. The molecule has 27 heavy (non-hydrogen) atoms. The molecule has 1 aliphatic rings. The van der Waals surface area contributed by atoms with Gasteiger partial charge in [-0.25, -0.2) is 0 Å². The summed E-state index contributed by atoms with van der Waals surface area (Å²) >= 11 is 1.30. The molecule has 4 rings (SSSR count). The van der Waals surface area contributed by atoms with E-state index in [4.69, 9.17) is 0 Å². The molecule has 0 aliphatic carbocycles. The van der Waals surface area contributed by atoms with E-state index in [1.807, 2.05) is 23.1 Å². The molecule has 1 amide bonds. The van der Waals surface area contributed by atoms with Crippen molar-refractivity contribution >= 4 is 29.1 Å². The third-order valence-corrected chi connectivity index (χ3v) is 5.38. The predicted molar refractivity (Wildman–Crippen MR) is 102 cm³/mol. The van der Waals surface area contributed by atoms with E-state index in [9.17, 15) is 9.59 Å². The largest absolute Gasteiger partial charge is 0.311 e. The number of hydrogen-bond acceptors (Lipinski definition) is 6. The van der Waals surface area contributed by atoms with Gasteiger partial charge in [0.25, 0.3) is 0 Å². The zero-order valence-corrected chi connectivity index (χ0v) is 15.5. The molecule has 3 aromatic rings. The van der Waals surface area contributed by atoms with Crippen molar-refractivity contribution in [2.24, 2.45) is 0 Å². The summed E-state index contributed by atoms with van der Waals surface area (Å²) in [4.78, 5) is 25.9. The average Bonchev–Trinajstić information content (AvgIpc) is 3.33. The molecular weight excluding hydrogens is 362 g/mol. The second-order valence-electron chi connectivity index (χ2n) is 6.19. The second kappa shape index (κ2) is 7.32. The van der Waals surface area contributed by atoms with Crippen LogP contribution in [0.3, 0.4) is 0 Å². The fourth-order valence-electron chi connectivity index (χ4n) is 3.07. The topological polar surface area (TPSA) is 81.0 Å². The Balaban J connectivity index is 1.46. The summed E-state index contributed by atoms with van der Waals surface area (Å²) in [7, 11) is 0. The third kappa shape index (κ3) is 3.48. The van der Waals surface area contributed by atoms with E-state index in [-0.39, 0.29) is 17.4 Å². The lowest BCUT2D eigenvalue weighted by molar-refractivity contribution is -0.116. The maximum Gasteiger partial charge on any atom is 0.237 e. The normalized spacial score (nSPS) is 12.9. The molecule has 0 N–H and O–H groups in total. The number of aromatic nitrogens is 4. The highest BCUT2D eigenvalue weighted by atomic mass is 32.2. The zero-order valence-electron chi connectivity index (χ0n) is 14.7. The van der Waals surface area contributed by atoms with Crippen LogP contribution in [0.1, 0.15) is 22.8 Å². The van der Waals surface area contributed by atoms with E-state index in [1.165, 1.54) is 24.2 Å². The van der Waals surface area contributed by atoms with E-state index >= 15 is 0 Å². The number of anilines is 1. The van der Waals surface area contributed by atoms with Gasteiger partial charge in [-0.15, -0.1) is 5.10 Å². The van der Waals surface area contributed by atoms with Crippen molar-refractivity contribution in [1.82, 2.24) is 20.2 Å². The molecule has 0 bridgehead atoms. The molecule has 7 nitrogen and oxygen atoms in total. The maximum atomic E-state index is 12.7. The highest BCUT2D eigenvalue weighted by molar-refractivity contribution is 7.99. The number of amides is 1. The predicted octanol–water partition coefficient (Wildman–Crippen LogP) is 2.55. The summed E-state index contributed by atoms with van der Waals surface area (Å²) in [6.45, 7) is 2.23. The molecule has 2 aromatic carbocycles. The van der Waals surface area contributed by atoms with Gasteiger partial charge >= 0.3 is 0 Å². The average molecular weight is 379 g/mol. The summed E-state index contributed by atoms with van der Waals surface area (Å²) in [6.07, 6.45) is 0.882. The van der Waals surface area contributed by atoms with Gasteiger partial charge in [-0.05, 0) is 59.7 Å². The van der Waals surface area contributed by atoms with Crippen LogP contribution < -0.4 is 4.90 Å². The van der Waals surface area contributed by atoms with Crippen LogP contribution >= 0.6 is 11.8 Å². The molecule has 8 heteroatoms. The summed E-state index contributed by atoms with van der Waals surface area (Å²) in [5.41, 5.74) is 3.56. The second-order valence-corrected chi connectivity index (χ2v) is 7.13. The van der Waals surface area contributed by atoms with Crippen molar-refractivity contribution in [2.75, 3.05) is 17.2 Å². The van der Waals surface area contributed by atoms with Crippen molar-refractivity contribution in [3.63, 3.8) is 0 Å². The van der Waals surface area contributed by atoms with E-state index in [0.717, 1.165) is 17.8 Å². The molecule has 0 unspecified atom stereocenters. The van der Waals surface area contributed by atoms with Crippen LogP contribution in [-0.2, 0) is 11.2 Å². The van der Waals surface area contributed by atoms with Gasteiger partial charge in [0, 0.05) is 17.8 Å². The van der Waals surface area contributed by atoms with Crippen LogP contribution in [0.4, 0.5) is 5.69 Å².